The maximum atomic E-state index is 13.8. The lowest BCUT2D eigenvalue weighted by molar-refractivity contribution is 0.269. The Bertz CT molecular complexity index is 373. The van der Waals surface area contributed by atoms with Crippen molar-refractivity contribution in [2.75, 3.05) is 33.8 Å². The zero-order chi connectivity index (χ0) is 14.8. The second-order valence-electron chi connectivity index (χ2n) is 5.24. The van der Waals surface area contributed by atoms with Crippen molar-refractivity contribution in [3.8, 4) is 0 Å². The van der Waals surface area contributed by atoms with E-state index in [-0.39, 0.29) is 18.5 Å². The molecule has 0 aromatic heterocycles. The molecule has 3 nitrogen and oxygen atoms in total. The lowest BCUT2D eigenvalue weighted by Gasteiger charge is -2.22. The van der Waals surface area contributed by atoms with Gasteiger partial charge >= 0.3 is 0 Å². The van der Waals surface area contributed by atoms with E-state index in [0.717, 1.165) is 44.3 Å². The molecular weight excluding hydrogens is 255 g/mol. The summed E-state index contributed by atoms with van der Waals surface area (Å²) in [6, 6.07) is 7.01. The number of aliphatic hydroxyl groups excluding tert-OH is 1. The van der Waals surface area contributed by atoms with Gasteiger partial charge in [-0.15, -0.1) is 0 Å². The van der Waals surface area contributed by atoms with E-state index in [4.69, 9.17) is 5.11 Å². The van der Waals surface area contributed by atoms with Gasteiger partial charge in [-0.3, -0.25) is 0 Å². The lowest BCUT2D eigenvalue weighted by atomic mass is 10.0. The number of hydrogen-bond donors (Lipinski definition) is 2. The summed E-state index contributed by atoms with van der Waals surface area (Å²) in [6.07, 6.45) is 3.92. The van der Waals surface area contributed by atoms with Crippen LogP contribution in [0.1, 0.15) is 37.3 Å². The van der Waals surface area contributed by atoms with Gasteiger partial charge in [0, 0.05) is 18.2 Å². The third kappa shape index (κ3) is 5.99. The van der Waals surface area contributed by atoms with Crippen LogP contribution in [0.15, 0.2) is 24.3 Å². The first-order valence-corrected chi connectivity index (χ1v) is 7.40. The van der Waals surface area contributed by atoms with E-state index >= 15 is 0 Å². The fourth-order valence-electron chi connectivity index (χ4n) is 2.34. The van der Waals surface area contributed by atoms with Gasteiger partial charge in [-0.1, -0.05) is 18.2 Å². The molecule has 0 radical (unpaired) electrons. The van der Waals surface area contributed by atoms with E-state index in [0.29, 0.717) is 0 Å². The Morgan fingerprint density at radius 3 is 2.60 bits per heavy atom. The Morgan fingerprint density at radius 2 is 1.95 bits per heavy atom. The van der Waals surface area contributed by atoms with Crippen LogP contribution >= 0.6 is 0 Å². The average molecular weight is 282 g/mol. The number of nitrogens with zero attached hydrogens (tertiary/aromatic N) is 1. The van der Waals surface area contributed by atoms with Gasteiger partial charge in [0.15, 0.2) is 0 Å². The maximum Gasteiger partial charge on any atom is 0.127 e. The van der Waals surface area contributed by atoms with Crippen LogP contribution in [-0.2, 0) is 0 Å². The van der Waals surface area contributed by atoms with E-state index in [2.05, 4.69) is 17.3 Å². The minimum atomic E-state index is -0.141. The molecule has 114 valence electrons. The molecule has 1 aromatic carbocycles. The molecule has 1 rings (SSSR count). The van der Waals surface area contributed by atoms with Crippen LogP contribution in [0.3, 0.4) is 0 Å². The predicted octanol–water partition coefficient (Wildman–Crippen LogP) is 2.57. The van der Waals surface area contributed by atoms with Gasteiger partial charge in [0.25, 0.3) is 0 Å². The normalized spacial score (nSPS) is 12.8. The van der Waals surface area contributed by atoms with E-state index in [1.54, 1.807) is 6.07 Å². The second kappa shape index (κ2) is 9.86. The molecule has 20 heavy (non-hydrogen) atoms. The quantitative estimate of drug-likeness (QED) is 0.647. The highest BCUT2D eigenvalue weighted by molar-refractivity contribution is 5.21. The zero-order valence-corrected chi connectivity index (χ0v) is 12.6. The Kier molecular flexibility index (Phi) is 8.42. The summed E-state index contributed by atoms with van der Waals surface area (Å²) in [7, 11) is 3.96. The third-order valence-electron chi connectivity index (χ3n) is 3.63. The van der Waals surface area contributed by atoms with Crippen LogP contribution in [0, 0.1) is 5.82 Å². The smallest absolute Gasteiger partial charge is 0.127 e. The number of hydrogen-bond acceptors (Lipinski definition) is 3. The van der Waals surface area contributed by atoms with E-state index < -0.39 is 0 Å². The Morgan fingerprint density at radius 1 is 1.20 bits per heavy atom. The molecule has 1 unspecified atom stereocenters. The van der Waals surface area contributed by atoms with E-state index in [9.17, 15) is 4.39 Å². The molecule has 0 bridgehead atoms. The maximum absolute atomic E-state index is 13.8. The monoisotopic (exact) mass is 282 g/mol. The van der Waals surface area contributed by atoms with Crippen molar-refractivity contribution < 1.29 is 9.50 Å². The highest BCUT2D eigenvalue weighted by atomic mass is 19.1. The van der Waals surface area contributed by atoms with Crippen molar-refractivity contribution in [1.29, 1.82) is 0 Å². The number of unbranched alkanes of at least 4 members (excludes halogenated alkanes) is 2. The van der Waals surface area contributed by atoms with Crippen LogP contribution in [0.25, 0.3) is 0 Å². The zero-order valence-electron chi connectivity index (χ0n) is 12.6. The van der Waals surface area contributed by atoms with E-state index in [1.165, 1.54) is 6.07 Å². The standard InChI is InChI=1S/C16H27FN2O/c1-18-16(14-8-4-5-9-15(14)17)10-12-19(2)11-6-3-7-13-20/h4-5,8-9,16,18,20H,3,6-7,10-13H2,1-2H3. The fourth-order valence-corrected chi connectivity index (χ4v) is 2.34. The van der Waals surface area contributed by atoms with Crippen molar-refractivity contribution in [2.24, 2.45) is 0 Å². The molecule has 0 saturated heterocycles. The molecule has 0 aliphatic heterocycles. The van der Waals surface area contributed by atoms with Crippen LogP contribution in [-0.4, -0.2) is 43.8 Å². The number of halogens is 1. The molecule has 1 atom stereocenters. The highest BCUT2D eigenvalue weighted by Crippen LogP contribution is 2.19. The van der Waals surface area contributed by atoms with Gasteiger partial charge in [0.1, 0.15) is 5.82 Å². The Balaban J connectivity index is 2.36. The van der Waals surface area contributed by atoms with Gasteiger partial charge in [-0.2, -0.15) is 0 Å². The first kappa shape index (κ1) is 17.1. The van der Waals surface area contributed by atoms with Gasteiger partial charge in [0.2, 0.25) is 0 Å². The molecular formula is C16H27FN2O. The summed E-state index contributed by atoms with van der Waals surface area (Å²) < 4.78 is 13.8. The van der Waals surface area contributed by atoms with Crippen LogP contribution in [0.4, 0.5) is 4.39 Å². The molecule has 0 amide bonds. The SMILES string of the molecule is CNC(CCN(C)CCCCCO)c1ccccc1F. The van der Waals surface area contributed by atoms with Crippen molar-refractivity contribution >= 4 is 0 Å². The Labute approximate surface area is 121 Å². The van der Waals surface area contributed by atoms with Crippen LogP contribution < -0.4 is 5.32 Å². The summed E-state index contributed by atoms with van der Waals surface area (Å²) in [6.45, 7) is 2.23. The summed E-state index contributed by atoms with van der Waals surface area (Å²) in [5.41, 5.74) is 0.740. The first-order chi connectivity index (χ1) is 9.69. The number of benzene rings is 1. The lowest BCUT2D eigenvalue weighted by Crippen LogP contribution is -2.26. The van der Waals surface area contributed by atoms with Crippen molar-refractivity contribution in [2.45, 2.75) is 31.7 Å². The van der Waals surface area contributed by atoms with Crippen LogP contribution in [0.5, 0.6) is 0 Å². The molecule has 0 aliphatic carbocycles. The van der Waals surface area contributed by atoms with Gasteiger partial charge in [0.05, 0.1) is 0 Å². The second-order valence-corrected chi connectivity index (χ2v) is 5.24. The molecule has 4 heteroatoms. The average Bonchev–Trinajstić information content (AvgIpc) is 2.46. The van der Waals surface area contributed by atoms with Crippen LogP contribution in [0.2, 0.25) is 0 Å². The molecule has 1 aromatic rings. The summed E-state index contributed by atoms with van der Waals surface area (Å²) in [5, 5.41) is 11.9. The summed E-state index contributed by atoms with van der Waals surface area (Å²) in [5.74, 6) is -0.141. The number of rotatable bonds is 10. The van der Waals surface area contributed by atoms with Crippen molar-refractivity contribution in [1.82, 2.24) is 10.2 Å². The minimum absolute atomic E-state index is 0.0519. The van der Waals surface area contributed by atoms with Gasteiger partial charge in [-0.25, -0.2) is 4.39 Å². The van der Waals surface area contributed by atoms with Crippen molar-refractivity contribution in [3.63, 3.8) is 0 Å². The number of nitrogens with one attached hydrogen (secondary N) is 1. The van der Waals surface area contributed by atoms with Crippen molar-refractivity contribution in [3.05, 3.63) is 35.6 Å². The van der Waals surface area contributed by atoms with Gasteiger partial charge in [-0.05, 0) is 58.9 Å². The first-order valence-electron chi connectivity index (χ1n) is 7.40. The molecule has 0 spiro atoms. The Hall–Kier alpha value is -0.970. The molecule has 0 aliphatic rings. The topological polar surface area (TPSA) is 35.5 Å². The molecule has 0 saturated carbocycles. The minimum Gasteiger partial charge on any atom is -0.396 e. The molecule has 0 fully saturated rings. The molecule has 0 heterocycles. The van der Waals surface area contributed by atoms with Gasteiger partial charge < -0.3 is 15.3 Å². The van der Waals surface area contributed by atoms with E-state index in [1.807, 2.05) is 19.2 Å². The highest BCUT2D eigenvalue weighted by Gasteiger charge is 2.13. The summed E-state index contributed by atoms with van der Waals surface area (Å²) in [4.78, 5) is 2.27. The summed E-state index contributed by atoms with van der Waals surface area (Å²) >= 11 is 0. The number of aliphatic hydroxyl groups is 1. The largest absolute Gasteiger partial charge is 0.396 e. The fraction of sp³-hybridized carbons (Fsp3) is 0.625. The predicted molar refractivity (Wildman–Crippen MR) is 81.3 cm³/mol. The third-order valence-corrected chi connectivity index (χ3v) is 3.63. The molecule has 2 N–H and O–H groups in total.